The minimum Gasteiger partial charge on any atom is -0.399 e. The van der Waals surface area contributed by atoms with Crippen LogP contribution in [0.15, 0.2) is 65.4 Å². The van der Waals surface area contributed by atoms with Crippen LogP contribution in [0.5, 0.6) is 0 Å². The number of aromatic nitrogens is 2. The summed E-state index contributed by atoms with van der Waals surface area (Å²) in [5.41, 5.74) is 24.5. The van der Waals surface area contributed by atoms with Crippen molar-refractivity contribution in [2.45, 2.75) is 91.3 Å². The van der Waals surface area contributed by atoms with Crippen LogP contribution < -0.4 is 16.9 Å². The van der Waals surface area contributed by atoms with Crippen LogP contribution in [0.4, 0.5) is 11.4 Å². The molecule has 1 fully saturated rings. The van der Waals surface area contributed by atoms with Crippen molar-refractivity contribution in [3.63, 3.8) is 0 Å². The van der Waals surface area contributed by atoms with Gasteiger partial charge in [-0.1, -0.05) is 18.2 Å². The molecule has 2 aromatic heterocycles. The fourth-order valence-corrected chi connectivity index (χ4v) is 6.39. The van der Waals surface area contributed by atoms with E-state index >= 15 is 0 Å². The molecule has 8 heteroatoms. The van der Waals surface area contributed by atoms with E-state index in [0.29, 0.717) is 0 Å². The Morgan fingerprint density at radius 3 is 1.84 bits per heavy atom. The number of aryl methyl sites for hydroxylation is 4. The Kier molecular flexibility index (Phi) is 9.54. The van der Waals surface area contributed by atoms with Gasteiger partial charge in [0.1, 0.15) is 0 Å². The van der Waals surface area contributed by atoms with Gasteiger partial charge < -0.3 is 20.8 Å². The highest BCUT2D eigenvalue weighted by atomic mass is 79.9. The molecule has 4 aromatic rings. The summed E-state index contributed by atoms with van der Waals surface area (Å²) in [5.74, 6) is 0. The number of nitrogens with two attached hydrogens (primary N) is 2. The summed E-state index contributed by atoms with van der Waals surface area (Å²) < 4.78 is 13.0. The van der Waals surface area contributed by atoms with Gasteiger partial charge in [-0.2, -0.15) is 0 Å². The third-order valence-electron chi connectivity index (χ3n) is 9.25. The average molecular weight is 655 g/mol. The zero-order valence-corrected chi connectivity index (χ0v) is 28.4. The molecule has 1 saturated heterocycles. The largest absolute Gasteiger partial charge is 0.494 e. The van der Waals surface area contributed by atoms with Gasteiger partial charge in [0.2, 0.25) is 0 Å². The first-order chi connectivity index (χ1) is 20.9. The first-order valence-electron chi connectivity index (χ1n) is 15.5. The third kappa shape index (κ3) is 6.88. The zero-order chi connectivity index (χ0) is 31.6. The number of nitrogen functional groups attached to an aromatic ring is 2. The molecule has 0 saturated carbocycles. The van der Waals surface area contributed by atoms with Crippen molar-refractivity contribution in [3.8, 4) is 11.1 Å². The molecule has 6 nitrogen and oxygen atoms in total. The Balaban J connectivity index is 0.000000134. The number of fused-ring (bicyclic) bond motifs is 2. The number of hydrogen-bond acceptors (Lipinski definition) is 6. The molecule has 1 aliphatic heterocycles. The van der Waals surface area contributed by atoms with Gasteiger partial charge >= 0.3 is 7.12 Å². The molecule has 0 bridgehead atoms. The van der Waals surface area contributed by atoms with Crippen LogP contribution >= 0.6 is 15.9 Å². The quantitative estimate of drug-likeness (QED) is 0.173. The molecule has 0 unspecified atom stereocenters. The number of hydrogen-bond donors (Lipinski definition) is 2. The predicted molar refractivity (Wildman–Crippen MR) is 186 cm³/mol. The van der Waals surface area contributed by atoms with Crippen LogP contribution in [-0.2, 0) is 35.0 Å². The van der Waals surface area contributed by atoms with Gasteiger partial charge in [0.25, 0.3) is 0 Å². The zero-order valence-electron chi connectivity index (χ0n) is 26.8. The van der Waals surface area contributed by atoms with Crippen LogP contribution in [0, 0.1) is 13.8 Å². The van der Waals surface area contributed by atoms with E-state index in [9.17, 15) is 0 Å². The van der Waals surface area contributed by atoms with Gasteiger partial charge in [0.05, 0.1) is 11.2 Å². The van der Waals surface area contributed by atoms with Crippen molar-refractivity contribution in [2.24, 2.45) is 0 Å². The lowest BCUT2D eigenvalue weighted by atomic mass is 9.79. The van der Waals surface area contributed by atoms with E-state index in [4.69, 9.17) is 20.8 Å². The van der Waals surface area contributed by atoms with Crippen LogP contribution in [0.3, 0.4) is 0 Å². The van der Waals surface area contributed by atoms with Crippen molar-refractivity contribution in [1.82, 2.24) is 9.97 Å². The second-order valence-electron chi connectivity index (χ2n) is 13.0. The van der Waals surface area contributed by atoms with Crippen LogP contribution in [0.25, 0.3) is 11.1 Å². The molecular weight excluding hydrogens is 611 g/mol. The fraction of sp³-hybridized carbons (Fsp3) is 0.389. The van der Waals surface area contributed by atoms with E-state index in [-0.39, 0.29) is 18.3 Å². The summed E-state index contributed by atoms with van der Waals surface area (Å²) in [5, 5.41) is 0. The van der Waals surface area contributed by atoms with Crippen molar-refractivity contribution in [1.29, 1.82) is 0 Å². The smallest absolute Gasteiger partial charge is 0.399 e. The summed E-state index contributed by atoms with van der Waals surface area (Å²) in [6, 6.07) is 16.6. The Morgan fingerprint density at radius 2 is 1.25 bits per heavy atom. The highest BCUT2D eigenvalue weighted by Crippen LogP contribution is 2.37. The summed E-state index contributed by atoms with van der Waals surface area (Å²) in [7, 11) is -0.285. The molecule has 0 atom stereocenters. The van der Waals surface area contributed by atoms with Gasteiger partial charge in [0, 0.05) is 45.2 Å². The molecule has 2 aromatic carbocycles. The lowest BCUT2D eigenvalue weighted by Gasteiger charge is -2.32. The molecule has 230 valence electrons. The topological polar surface area (TPSA) is 96.3 Å². The number of pyridine rings is 2. The molecule has 0 spiro atoms. The van der Waals surface area contributed by atoms with E-state index in [2.05, 4.69) is 77.9 Å². The van der Waals surface area contributed by atoms with E-state index in [0.717, 1.165) is 51.1 Å². The molecule has 2 aliphatic carbocycles. The second-order valence-corrected chi connectivity index (χ2v) is 13.8. The highest BCUT2D eigenvalue weighted by molar-refractivity contribution is 9.10. The van der Waals surface area contributed by atoms with Crippen LogP contribution in [-0.4, -0.2) is 28.3 Å². The fourth-order valence-electron chi connectivity index (χ4n) is 6.02. The number of halogens is 1. The second kappa shape index (κ2) is 13.0. The average Bonchev–Trinajstić information content (AvgIpc) is 3.70. The lowest BCUT2D eigenvalue weighted by Crippen LogP contribution is -2.41. The lowest BCUT2D eigenvalue weighted by molar-refractivity contribution is 0.00578. The Bertz CT molecular complexity index is 1640. The van der Waals surface area contributed by atoms with Crippen molar-refractivity contribution in [2.75, 3.05) is 11.5 Å². The molecule has 3 aliphatic rings. The van der Waals surface area contributed by atoms with Crippen molar-refractivity contribution >= 4 is 39.9 Å². The first-order valence-corrected chi connectivity index (χ1v) is 16.3. The first kappa shape index (κ1) is 32.2. The maximum atomic E-state index is 6.30. The van der Waals surface area contributed by atoms with Crippen LogP contribution in [0.1, 0.15) is 74.2 Å². The number of nitrogens with zero attached hydrogens (tertiary/aromatic N) is 2. The van der Waals surface area contributed by atoms with Gasteiger partial charge in [-0.05, 0) is 160 Å². The molecule has 3 heterocycles. The van der Waals surface area contributed by atoms with Gasteiger partial charge in [-0.15, -0.1) is 0 Å². The molecule has 0 radical (unpaired) electrons. The van der Waals surface area contributed by atoms with Crippen LogP contribution in [0.2, 0.25) is 0 Å². The van der Waals surface area contributed by atoms with Crippen molar-refractivity contribution < 1.29 is 9.31 Å². The standard InChI is InChI=1S/C15H16N2.C12H18BNO2.C9H10BrN/c1-10-9-12(7-8-17-10)14-6-5-11-3-2-4-13(11)15(14)16;1-9-8-10(6-7-14-9)13-15-11(2,3)12(4,5)16-13;10-8-5-4-6-2-1-3-7(6)9(8)11/h5-9H,2-4,16H2,1H3;6-8H,1-5H3;4-5H,1-3,11H2. The SMILES string of the molecule is Cc1cc(-c2ccc3c(c2N)CCC3)ccn1.Cc1cc(B2OC(C)(C)C(C)(C)O2)ccn1.Nc1c(Br)ccc2c1CCC2. The summed E-state index contributed by atoms with van der Waals surface area (Å²) in [4.78, 5) is 8.40. The maximum Gasteiger partial charge on any atom is 0.494 e. The van der Waals surface area contributed by atoms with E-state index in [1.807, 2.05) is 44.3 Å². The highest BCUT2D eigenvalue weighted by Gasteiger charge is 2.51. The Hall–Kier alpha value is -3.20. The Labute approximate surface area is 271 Å². The molecule has 4 N–H and O–H groups in total. The van der Waals surface area contributed by atoms with E-state index < -0.39 is 0 Å². The molecule has 44 heavy (non-hydrogen) atoms. The minimum absolute atomic E-state index is 0.283. The number of benzene rings is 2. The predicted octanol–water partition coefficient (Wildman–Crippen LogP) is 7.34. The number of rotatable bonds is 2. The van der Waals surface area contributed by atoms with Gasteiger partial charge in [-0.25, -0.2) is 0 Å². The Morgan fingerprint density at radius 1 is 0.705 bits per heavy atom. The molecular formula is C36H44BBrN4O2. The van der Waals surface area contributed by atoms with E-state index in [1.54, 1.807) is 6.20 Å². The maximum absolute atomic E-state index is 6.30. The molecule has 0 amide bonds. The monoisotopic (exact) mass is 654 g/mol. The van der Waals surface area contributed by atoms with Gasteiger partial charge in [-0.3, -0.25) is 9.97 Å². The van der Waals surface area contributed by atoms with Gasteiger partial charge in [0.15, 0.2) is 0 Å². The summed E-state index contributed by atoms with van der Waals surface area (Å²) >= 11 is 3.42. The number of anilines is 2. The molecule has 7 rings (SSSR count). The normalized spacial score (nSPS) is 17.2. The summed E-state index contributed by atoms with van der Waals surface area (Å²) in [6.07, 6.45) is 10.8. The minimum atomic E-state index is -0.285. The third-order valence-corrected chi connectivity index (χ3v) is 9.95. The summed E-state index contributed by atoms with van der Waals surface area (Å²) in [6.45, 7) is 12.2. The van der Waals surface area contributed by atoms with Crippen molar-refractivity contribution in [3.05, 3.63) is 99.0 Å². The van der Waals surface area contributed by atoms with E-state index in [1.165, 1.54) is 53.5 Å².